The van der Waals surface area contributed by atoms with E-state index in [4.69, 9.17) is 5.73 Å². The molecule has 0 amide bonds. The van der Waals surface area contributed by atoms with Crippen molar-refractivity contribution in [2.75, 3.05) is 0 Å². The van der Waals surface area contributed by atoms with Crippen LogP contribution in [0.4, 0.5) is 0 Å². The predicted molar refractivity (Wildman–Crippen MR) is 68.1 cm³/mol. The number of nitrogens with two attached hydrogens (primary N) is 1. The molecular weight excluding hydrogens is 222 g/mol. The van der Waals surface area contributed by atoms with Crippen LogP contribution >= 0.6 is 0 Å². The Kier molecular flexibility index (Phi) is 4.80. The van der Waals surface area contributed by atoms with Crippen LogP contribution in [0.5, 0.6) is 0 Å². The molecule has 0 spiro atoms. The van der Waals surface area contributed by atoms with Crippen LogP contribution in [-0.2, 0) is 9.84 Å². The molecule has 3 nitrogen and oxygen atoms in total. The Balaban J connectivity index is 2.84. The van der Waals surface area contributed by atoms with E-state index in [0.717, 1.165) is 25.7 Å². The van der Waals surface area contributed by atoms with E-state index in [0.29, 0.717) is 12.3 Å². The molecule has 0 heterocycles. The summed E-state index contributed by atoms with van der Waals surface area (Å²) < 4.78 is 24.6. The van der Waals surface area contributed by atoms with Crippen LogP contribution in [0.2, 0.25) is 0 Å². The summed E-state index contributed by atoms with van der Waals surface area (Å²) in [5.41, 5.74) is 6.00. The molecule has 1 saturated carbocycles. The first-order valence-corrected chi connectivity index (χ1v) is 8.02. The zero-order valence-corrected chi connectivity index (χ0v) is 11.5. The van der Waals surface area contributed by atoms with E-state index in [1.807, 2.05) is 6.92 Å². The van der Waals surface area contributed by atoms with Crippen molar-refractivity contribution in [3.05, 3.63) is 0 Å². The first kappa shape index (κ1) is 14.0. The Bertz CT molecular complexity index is 313. The van der Waals surface area contributed by atoms with Gasteiger partial charge in [0.2, 0.25) is 0 Å². The molecule has 0 aromatic carbocycles. The van der Waals surface area contributed by atoms with E-state index in [2.05, 4.69) is 6.92 Å². The van der Waals surface area contributed by atoms with E-state index >= 15 is 0 Å². The van der Waals surface area contributed by atoms with Crippen molar-refractivity contribution in [1.29, 1.82) is 0 Å². The van der Waals surface area contributed by atoms with Gasteiger partial charge in [-0.1, -0.05) is 20.3 Å². The van der Waals surface area contributed by atoms with Gasteiger partial charge >= 0.3 is 0 Å². The maximum absolute atomic E-state index is 12.3. The van der Waals surface area contributed by atoms with Crippen molar-refractivity contribution < 1.29 is 8.42 Å². The molecule has 1 fully saturated rings. The fraction of sp³-hybridized carbons (Fsp3) is 1.00. The van der Waals surface area contributed by atoms with Gasteiger partial charge in [0.05, 0.1) is 10.5 Å². The molecule has 0 bridgehead atoms. The molecule has 4 heteroatoms. The third kappa shape index (κ3) is 2.77. The molecule has 4 unspecified atom stereocenters. The Morgan fingerprint density at radius 1 is 1.31 bits per heavy atom. The highest BCUT2D eigenvalue weighted by Gasteiger charge is 2.38. The normalized spacial score (nSPS) is 33.6. The molecule has 16 heavy (non-hydrogen) atoms. The SMILES string of the molecule is CCC1CCC(N)C(S(=O)(=O)C(C)CC)C1. The van der Waals surface area contributed by atoms with Crippen molar-refractivity contribution >= 4 is 9.84 Å². The summed E-state index contributed by atoms with van der Waals surface area (Å²) in [4.78, 5) is 0. The fourth-order valence-electron chi connectivity index (χ4n) is 2.51. The number of hydrogen-bond acceptors (Lipinski definition) is 3. The van der Waals surface area contributed by atoms with Gasteiger partial charge in [-0.05, 0) is 38.5 Å². The molecule has 96 valence electrons. The van der Waals surface area contributed by atoms with Crippen LogP contribution in [-0.4, -0.2) is 25.0 Å². The largest absolute Gasteiger partial charge is 0.327 e. The second-order valence-electron chi connectivity index (χ2n) is 5.10. The summed E-state index contributed by atoms with van der Waals surface area (Å²) in [5.74, 6) is 0.545. The van der Waals surface area contributed by atoms with Crippen LogP contribution in [0, 0.1) is 5.92 Å². The lowest BCUT2D eigenvalue weighted by Crippen LogP contribution is -2.47. The Morgan fingerprint density at radius 2 is 1.94 bits per heavy atom. The zero-order valence-electron chi connectivity index (χ0n) is 10.6. The van der Waals surface area contributed by atoms with Crippen LogP contribution < -0.4 is 5.73 Å². The fourth-order valence-corrected chi connectivity index (χ4v) is 4.74. The molecular formula is C12H25NO2S. The molecule has 1 aliphatic rings. The van der Waals surface area contributed by atoms with Crippen LogP contribution in [0.15, 0.2) is 0 Å². The molecule has 0 aromatic rings. The number of hydrogen-bond donors (Lipinski definition) is 1. The third-order valence-corrected chi connectivity index (χ3v) is 6.93. The average molecular weight is 247 g/mol. The molecule has 2 N–H and O–H groups in total. The standard InChI is InChI=1S/C12H25NO2S/c1-4-9(3)16(14,15)12-8-10(5-2)6-7-11(12)13/h9-12H,4-8,13H2,1-3H3. The zero-order chi connectivity index (χ0) is 12.3. The summed E-state index contributed by atoms with van der Waals surface area (Å²) >= 11 is 0. The lowest BCUT2D eigenvalue weighted by molar-refractivity contribution is 0.318. The van der Waals surface area contributed by atoms with Crippen LogP contribution in [0.1, 0.15) is 52.9 Å². The second-order valence-corrected chi connectivity index (χ2v) is 7.69. The van der Waals surface area contributed by atoms with Crippen LogP contribution in [0.3, 0.4) is 0 Å². The minimum absolute atomic E-state index is 0.151. The van der Waals surface area contributed by atoms with Gasteiger partial charge in [-0.3, -0.25) is 0 Å². The molecule has 0 radical (unpaired) electrons. The van der Waals surface area contributed by atoms with Crippen molar-refractivity contribution in [3.8, 4) is 0 Å². The first-order valence-electron chi connectivity index (χ1n) is 6.41. The van der Waals surface area contributed by atoms with Gasteiger partial charge in [0.15, 0.2) is 9.84 Å². The average Bonchev–Trinajstić information content (AvgIpc) is 2.28. The quantitative estimate of drug-likeness (QED) is 0.827. The van der Waals surface area contributed by atoms with E-state index in [1.165, 1.54) is 0 Å². The van der Waals surface area contributed by atoms with Gasteiger partial charge in [-0.25, -0.2) is 8.42 Å². The predicted octanol–water partition coefficient (Wildman–Crippen LogP) is 2.11. The first-order chi connectivity index (χ1) is 7.43. The van der Waals surface area contributed by atoms with Gasteiger partial charge in [-0.15, -0.1) is 0 Å². The maximum Gasteiger partial charge on any atom is 0.157 e. The molecule has 4 atom stereocenters. The second kappa shape index (κ2) is 5.50. The summed E-state index contributed by atoms with van der Waals surface area (Å²) in [6.07, 6.45) is 4.47. The van der Waals surface area contributed by atoms with Crippen molar-refractivity contribution in [3.63, 3.8) is 0 Å². The van der Waals surface area contributed by atoms with Gasteiger partial charge in [0.1, 0.15) is 0 Å². The highest BCUT2D eigenvalue weighted by atomic mass is 32.2. The summed E-state index contributed by atoms with van der Waals surface area (Å²) in [5, 5.41) is -0.555. The summed E-state index contributed by atoms with van der Waals surface area (Å²) in [6.45, 7) is 5.86. The molecule has 1 rings (SSSR count). The molecule has 0 saturated heterocycles. The summed E-state index contributed by atoms with van der Waals surface area (Å²) in [6, 6.07) is -0.151. The Labute approximate surface area is 99.7 Å². The van der Waals surface area contributed by atoms with E-state index in [1.54, 1.807) is 6.92 Å². The van der Waals surface area contributed by atoms with Crippen molar-refractivity contribution in [1.82, 2.24) is 0 Å². The minimum Gasteiger partial charge on any atom is -0.327 e. The van der Waals surface area contributed by atoms with Gasteiger partial charge in [-0.2, -0.15) is 0 Å². The Hall–Kier alpha value is -0.0900. The maximum atomic E-state index is 12.3. The summed E-state index contributed by atoms with van der Waals surface area (Å²) in [7, 11) is -3.03. The highest BCUT2D eigenvalue weighted by molar-refractivity contribution is 7.92. The van der Waals surface area contributed by atoms with Crippen molar-refractivity contribution in [2.24, 2.45) is 11.7 Å². The van der Waals surface area contributed by atoms with Crippen LogP contribution in [0.25, 0.3) is 0 Å². The third-order valence-electron chi connectivity index (χ3n) is 4.09. The lowest BCUT2D eigenvalue weighted by Gasteiger charge is -2.34. The minimum atomic E-state index is -3.03. The lowest BCUT2D eigenvalue weighted by atomic mass is 9.84. The molecule has 1 aliphatic carbocycles. The topological polar surface area (TPSA) is 60.2 Å². The van der Waals surface area contributed by atoms with Gasteiger partial charge in [0.25, 0.3) is 0 Å². The van der Waals surface area contributed by atoms with Gasteiger partial charge in [0, 0.05) is 6.04 Å². The highest BCUT2D eigenvalue weighted by Crippen LogP contribution is 2.32. The van der Waals surface area contributed by atoms with E-state index in [-0.39, 0.29) is 16.5 Å². The van der Waals surface area contributed by atoms with E-state index < -0.39 is 9.84 Å². The smallest absolute Gasteiger partial charge is 0.157 e. The van der Waals surface area contributed by atoms with Gasteiger partial charge < -0.3 is 5.73 Å². The molecule has 0 aliphatic heterocycles. The number of rotatable bonds is 4. The molecule has 0 aromatic heterocycles. The monoisotopic (exact) mass is 247 g/mol. The van der Waals surface area contributed by atoms with E-state index in [9.17, 15) is 8.42 Å². The number of sulfone groups is 1. The Morgan fingerprint density at radius 3 is 2.44 bits per heavy atom. The van der Waals surface area contributed by atoms with Crippen molar-refractivity contribution in [2.45, 2.75) is 69.4 Å².